The first-order valence-corrected chi connectivity index (χ1v) is 12.1. The molecule has 0 atom stereocenters. The SMILES string of the molecule is CCCCN(CC(=O)Nc1cc(C(C)(C)C)nn1-c1ccc(OC)cc1)C(=O)Cc1ccccc1. The Morgan fingerprint density at radius 3 is 2.34 bits per heavy atom. The van der Waals surface area contributed by atoms with Gasteiger partial charge in [-0.2, -0.15) is 5.10 Å². The van der Waals surface area contributed by atoms with Gasteiger partial charge in [0.2, 0.25) is 11.8 Å². The van der Waals surface area contributed by atoms with Crippen LogP contribution in [0, 0.1) is 0 Å². The number of nitrogens with one attached hydrogen (secondary N) is 1. The van der Waals surface area contributed by atoms with Gasteiger partial charge in [-0.25, -0.2) is 4.68 Å². The molecule has 1 aromatic heterocycles. The number of rotatable bonds is 10. The summed E-state index contributed by atoms with van der Waals surface area (Å²) in [5, 5.41) is 7.75. The van der Waals surface area contributed by atoms with E-state index < -0.39 is 0 Å². The van der Waals surface area contributed by atoms with E-state index in [0.717, 1.165) is 35.5 Å². The van der Waals surface area contributed by atoms with Gasteiger partial charge in [-0.05, 0) is 36.2 Å². The maximum atomic E-state index is 13.1. The van der Waals surface area contributed by atoms with Crippen molar-refractivity contribution in [3.8, 4) is 11.4 Å². The number of unbranched alkanes of at least 4 members (excludes halogenated alkanes) is 1. The van der Waals surface area contributed by atoms with Gasteiger partial charge in [-0.1, -0.05) is 64.4 Å². The molecule has 7 heteroatoms. The largest absolute Gasteiger partial charge is 0.497 e. The highest BCUT2D eigenvalue weighted by molar-refractivity contribution is 5.94. The Bertz CT molecular complexity index is 1120. The fourth-order valence-electron chi connectivity index (χ4n) is 3.64. The Balaban J connectivity index is 1.80. The number of methoxy groups -OCH3 is 1. The number of benzene rings is 2. The lowest BCUT2D eigenvalue weighted by molar-refractivity contribution is -0.134. The van der Waals surface area contributed by atoms with Crippen LogP contribution in [-0.2, 0) is 21.4 Å². The van der Waals surface area contributed by atoms with Crippen LogP contribution < -0.4 is 10.1 Å². The topological polar surface area (TPSA) is 76.5 Å². The highest BCUT2D eigenvalue weighted by atomic mass is 16.5. The fourth-order valence-corrected chi connectivity index (χ4v) is 3.64. The third kappa shape index (κ3) is 7.18. The molecule has 0 saturated heterocycles. The van der Waals surface area contributed by atoms with E-state index in [1.807, 2.05) is 60.7 Å². The minimum absolute atomic E-state index is 0.00961. The normalized spacial score (nSPS) is 11.2. The number of carbonyl (C=O) groups is 2. The molecule has 0 aliphatic rings. The van der Waals surface area contributed by atoms with Crippen LogP contribution >= 0.6 is 0 Å². The third-order valence-electron chi connectivity index (χ3n) is 5.73. The van der Waals surface area contributed by atoms with Gasteiger partial charge in [0.1, 0.15) is 11.6 Å². The van der Waals surface area contributed by atoms with Crippen molar-refractivity contribution in [1.82, 2.24) is 14.7 Å². The summed E-state index contributed by atoms with van der Waals surface area (Å²) >= 11 is 0. The van der Waals surface area contributed by atoms with E-state index in [9.17, 15) is 9.59 Å². The molecule has 0 saturated carbocycles. The lowest BCUT2D eigenvalue weighted by atomic mass is 9.92. The Morgan fingerprint density at radius 1 is 1.06 bits per heavy atom. The Morgan fingerprint density at radius 2 is 1.74 bits per heavy atom. The average molecular weight is 477 g/mol. The smallest absolute Gasteiger partial charge is 0.245 e. The van der Waals surface area contributed by atoms with Crippen molar-refractivity contribution in [2.24, 2.45) is 0 Å². The van der Waals surface area contributed by atoms with Crippen LogP contribution in [0.4, 0.5) is 5.82 Å². The van der Waals surface area contributed by atoms with Crippen molar-refractivity contribution in [2.75, 3.05) is 25.5 Å². The summed E-state index contributed by atoms with van der Waals surface area (Å²) in [6, 6.07) is 19.0. The number of nitrogens with zero attached hydrogens (tertiary/aromatic N) is 3. The molecule has 3 rings (SSSR count). The summed E-state index contributed by atoms with van der Waals surface area (Å²) in [4.78, 5) is 27.8. The van der Waals surface area contributed by atoms with E-state index in [2.05, 4.69) is 33.0 Å². The van der Waals surface area contributed by atoms with Crippen molar-refractivity contribution in [3.05, 3.63) is 71.9 Å². The lowest BCUT2D eigenvalue weighted by Crippen LogP contribution is -2.39. The second kappa shape index (κ2) is 11.7. The zero-order chi connectivity index (χ0) is 25.4. The minimum Gasteiger partial charge on any atom is -0.497 e. The molecular formula is C28H36N4O3. The van der Waals surface area contributed by atoms with E-state index >= 15 is 0 Å². The van der Waals surface area contributed by atoms with Crippen LogP contribution in [-0.4, -0.2) is 46.7 Å². The fraction of sp³-hybridized carbons (Fsp3) is 0.393. The van der Waals surface area contributed by atoms with Crippen molar-refractivity contribution >= 4 is 17.6 Å². The molecule has 2 aromatic carbocycles. The van der Waals surface area contributed by atoms with E-state index in [-0.39, 0.29) is 30.2 Å². The molecule has 0 aliphatic carbocycles. The molecule has 0 spiro atoms. The van der Waals surface area contributed by atoms with Gasteiger partial charge < -0.3 is 15.0 Å². The molecule has 0 bridgehead atoms. The molecule has 186 valence electrons. The molecule has 7 nitrogen and oxygen atoms in total. The molecule has 1 N–H and O–H groups in total. The monoisotopic (exact) mass is 476 g/mol. The van der Waals surface area contributed by atoms with Crippen molar-refractivity contribution < 1.29 is 14.3 Å². The van der Waals surface area contributed by atoms with Crippen LogP contribution in [0.1, 0.15) is 51.8 Å². The molecule has 0 fully saturated rings. The van der Waals surface area contributed by atoms with Crippen LogP contribution in [0.2, 0.25) is 0 Å². The summed E-state index contributed by atoms with van der Waals surface area (Å²) in [7, 11) is 1.62. The zero-order valence-electron chi connectivity index (χ0n) is 21.4. The summed E-state index contributed by atoms with van der Waals surface area (Å²) in [6.07, 6.45) is 2.05. The predicted molar refractivity (Wildman–Crippen MR) is 139 cm³/mol. The average Bonchev–Trinajstić information content (AvgIpc) is 3.26. The number of ether oxygens (including phenoxy) is 1. The van der Waals surface area contributed by atoms with Gasteiger partial charge >= 0.3 is 0 Å². The summed E-state index contributed by atoms with van der Waals surface area (Å²) in [5.74, 6) is 0.999. The molecule has 3 aromatic rings. The van der Waals surface area contributed by atoms with Crippen molar-refractivity contribution in [1.29, 1.82) is 0 Å². The molecule has 2 amide bonds. The van der Waals surface area contributed by atoms with E-state index in [1.165, 1.54) is 0 Å². The van der Waals surface area contributed by atoms with Gasteiger partial charge in [-0.3, -0.25) is 9.59 Å². The summed E-state index contributed by atoms with van der Waals surface area (Å²) < 4.78 is 6.99. The minimum atomic E-state index is -0.252. The van der Waals surface area contributed by atoms with Crippen molar-refractivity contribution in [2.45, 2.75) is 52.4 Å². The maximum Gasteiger partial charge on any atom is 0.245 e. The summed E-state index contributed by atoms with van der Waals surface area (Å²) in [5.41, 5.74) is 2.40. The Hall–Kier alpha value is -3.61. The Kier molecular flexibility index (Phi) is 8.68. The first-order valence-electron chi connectivity index (χ1n) is 12.1. The summed E-state index contributed by atoms with van der Waals surface area (Å²) in [6.45, 7) is 8.84. The number of aromatic nitrogens is 2. The number of hydrogen-bond donors (Lipinski definition) is 1. The highest BCUT2D eigenvalue weighted by Gasteiger charge is 2.23. The first kappa shape index (κ1) is 26.0. The highest BCUT2D eigenvalue weighted by Crippen LogP contribution is 2.27. The van der Waals surface area contributed by atoms with Crippen LogP contribution in [0.15, 0.2) is 60.7 Å². The first-order chi connectivity index (χ1) is 16.7. The molecule has 0 unspecified atom stereocenters. The molecule has 0 radical (unpaired) electrons. The van der Waals surface area contributed by atoms with Gasteiger partial charge in [0, 0.05) is 18.0 Å². The van der Waals surface area contributed by atoms with Crippen LogP contribution in [0.3, 0.4) is 0 Å². The van der Waals surface area contributed by atoms with E-state index in [0.29, 0.717) is 12.4 Å². The van der Waals surface area contributed by atoms with E-state index in [1.54, 1.807) is 16.7 Å². The number of amides is 2. The van der Waals surface area contributed by atoms with Gasteiger partial charge in [0.25, 0.3) is 0 Å². The Labute approximate surface area is 208 Å². The van der Waals surface area contributed by atoms with Crippen molar-refractivity contribution in [3.63, 3.8) is 0 Å². The number of hydrogen-bond acceptors (Lipinski definition) is 4. The molecule has 1 heterocycles. The molecular weight excluding hydrogens is 440 g/mol. The standard InChI is InChI=1S/C28H36N4O3/c1-6-7-17-31(27(34)18-21-11-9-8-10-12-21)20-26(33)29-25-19-24(28(2,3)4)30-32(25)22-13-15-23(35-5)16-14-22/h8-16,19H,6-7,17-18,20H2,1-5H3,(H,29,33). The quantitative estimate of drug-likeness (QED) is 0.447. The van der Waals surface area contributed by atoms with Gasteiger partial charge in [-0.15, -0.1) is 0 Å². The maximum absolute atomic E-state index is 13.1. The van der Waals surface area contributed by atoms with Gasteiger partial charge in [0.05, 0.1) is 31.5 Å². The van der Waals surface area contributed by atoms with Crippen LogP contribution in [0.25, 0.3) is 5.69 Å². The molecule has 0 aliphatic heterocycles. The molecule has 35 heavy (non-hydrogen) atoms. The second-order valence-electron chi connectivity index (χ2n) is 9.65. The third-order valence-corrected chi connectivity index (χ3v) is 5.73. The van der Waals surface area contributed by atoms with E-state index in [4.69, 9.17) is 9.84 Å². The van der Waals surface area contributed by atoms with Crippen LogP contribution in [0.5, 0.6) is 5.75 Å². The lowest BCUT2D eigenvalue weighted by Gasteiger charge is -2.22. The van der Waals surface area contributed by atoms with Gasteiger partial charge in [0.15, 0.2) is 0 Å². The number of anilines is 1. The zero-order valence-corrected chi connectivity index (χ0v) is 21.4. The second-order valence-corrected chi connectivity index (χ2v) is 9.65. The predicted octanol–water partition coefficient (Wildman–Crippen LogP) is 4.99. The number of carbonyl (C=O) groups excluding carboxylic acids is 2.